The van der Waals surface area contributed by atoms with Crippen LogP contribution in [0.3, 0.4) is 0 Å². The number of hydrogen-bond acceptors (Lipinski definition) is 3. The van der Waals surface area contributed by atoms with Crippen molar-refractivity contribution in [2.24, 2.45) is 0 Å². The van der Waals surface area contributed by atoms with Crippen LogP contribution >= 0.6 is 0 Å². The second-order valence-electron chi connectivity index (χ2n) is 5.88. The van der Waals surface area contributed by atoms with Crippen LogP contribution in [0.1, 0.15) is 25.7 Å². The molecule has 20 heavy (non-hydrogen) atoms. The molecule has 114 valence electrons. The lowest BCUT2D eigenvalue weighted by Crippen LogP contribution is -2.56. The topological polar surface area (TPSA) is 44.8 Å². The highest BCUT2D eigenvalue weighted by molar-refractivity contribution is 5.75. The molecule has 2 rings (SSSR count). The summed E-state index contributed by atoms with van der Waals surface area (Å²) in [4.78, 5) is 16.8. The van der Waals surface area contributed by atoms with E-state index in [1.807, 2.05) is 0 Å². The highest BCUT2D eigenvalue weighted by Crippen LogP contribution is 2.37. The van der Waals surface area contributed by atoms with E-state index >= 15 is 0 Å². The molecule has 0 saturated carbocycles. The van der Waals surface area contributed by atoms with E-state index in [4.69, 9.17) is 4.74 Å². The van der Waals surface area contributed by atoms with Crippen molar-refractivity contribution < 1.29 is 9.53 Å². The summed E-state index contributed by atoms with van der Waals surface area (Å²) < 4.78 is 5.29. The molecular weight excluding hydrogens is 254 g/mol. The van der Waals surface area contributed by atoms with Gasteiger partial charge in [0.05, 0.1) is 13.2 Å². The summed E-state index contributed by atoms with van der Waals surface area (Å²) in [7, 11) is 2.16. The molecule has 1 spiro atoms. The van der Waals surface area contributed by atoms with Crippen LogP contribution in [0.4, 0.5) is 4.79 Å². The quantitative estimate of drug-likeness (QED) is 0.613. The minimum absolute atomic E-state index is 0.0780. The summed E-state index contributed by atoms with van der Waals surface area (Å²) in [6.07, 6.45) is 6.20. The number of rotatable bonds is 5. The molecule has 0 aromatic carbocycles. The van der Waals surface area contributed by atoms with Crippen LogP contribution in [0.2, 0.25) is 0 Å². The van der Waals surface area contributed by atoms with Crippen LogP contribution < -0.4 is 5.32 Å². The highest BCUT2D eigenvalue weighted by atomic mass is 16.5. The SMILES string of the molecule is C=CCOCCNC(=O)N1CCCC12CCN(C)CC2. The van der Waals surface area contributed by atoms with Crippen LogP contribution in [0, 0.1) is 0 Å². The lowest BCUT2D eigenvalue weighted by molar-refractivity contribution is 0.0813. The van der Waals surface area contributed by atoms with E-state index in [-0.39, 0.29) is 11.6 Å². The van der Waals surface area contributed by atoms with Crippen LogP contribution in [-0.4, -0.2) is 67.8 Å². The van der Waals surface area contributed by atoms with Gasteiger partial charge in [-0.1, -0.05) is 6.08 Å². The van der Waals surface area contributed by atoms with E-state index in [0.717, 1.165) is 45.3 Å². The van der Waals surface area contributed by atoms with Crippen LogP contribution in [0.5, 0.6) is 0 Å². The summed E-state index contributed by atoms with van der Waals surface area (Å²) >= 11 is 0. The molecule has 2 aliphatic rings. The Hall–Kier alpha value is -1.07. The average Bonchev–Trinajstić information content (AvgIpc) is 2.86. The summed E-state index contributed by atoms with van der Waals surface area (Å²) in [6, 6.07) is 0.0780. The lowest BCUT2D eigenvalue weighted by atomic mass is 9.85. The summed E-state index contributed by atoms with van der Waals surface area (Å²) in [5, 5.41) is 2.98. The first-order chi connectivity index (χ1) is 9.68. The Morgan fingerprint density at radius 1 is 1.35 bits per heavy atom. The Morgan fingerprint density at radius 2 is 2.10 bits per heavy atom. The number of piperidine rings is 1. The van der Waals surface area contributed by atoms with Crippen molar-refractivity contribution in [3.8, 4) is 0 Å². The van der Waals surface area contributed by atoms with E-state index < -0.39 is 0 Å². The highest BCUT2D eigenvalue weighted by Gasteiger charge is 2.44. The van der Waals surface area contributed by atoms with Gasteiger partial charge >= 0.3 is 6.03 Å². The van der Waals surface area contributed by atoms with Crippen LogP contribution in [0.15, 0.2) is 12.7 Å². The first kappa shape index (κ1) is 15.3. The van der Waals surface area contributed by atoms with Gasteiger partial charge in [0.25, 0.3) is 0 Å². The standard InChI is InChI=1S/C15H27N3O2/c1-3-12-20-13-8-16-14(19)18-9-4-5-15(18)6-10-17(2)11-7-15/h3H,1,4-13H2,2H3,(H,16,19). The molecule has 5 heteroatoms. The fraction of sp³-hybridized carbons (Fsp3) is 0.800. The molecule has 2 heterocycles. The van der Waals surface area contributed by atoms with E-state index in [1.165, 1.54) is 0 Å². The molecule has 0 aromatic heterocycles. The molecule has 1 N–H and O–H groups in total. The molecule has 0 bridgehead atoms. The molecule has 5 nitrogen and oxygen atoms in total. The fourth-order valence-corrected chi connectivity index (χ4v) is 3.30. The molecule has 0 radical (unpaired) electrons. The van der Waals surface area contributed by atoms with E-state index in [1.54, 1.807) is 6.08 Å². The predicted octanol–water partition coefficient (Wildman–Crippen LogP) is 1.46. The minimum atomic E-state index is 0.0780. The molecule has 0 aliphatic carbocycles. The van der Waals surface area contributed by atoms with E-state index in [2.05, 4.69) is 28.7 Å². The Balaban J connectivity index is 1.80. The second kappa shape index (κ2) is 7.09. The zero-order valence-corrected chi connectivity index (χ0v) is 12.6. The number of likely N-dealkylation sites (tertiary alicyclic amines) is 2. The molecule has 2 fully saturated rings. The van der Waals surface area contributed by atoms with Gasteiger partial charge in [0, 0.05) is 31.7 Å². The monoisotopic (exact) mass is 281 g/mol. The van der Waals surface area contributed by atoms with Crippen molar-refractivity contribution >= 4 is 6.03 Å². The second-order valence-corrected chi connectivity index (χ2v) is 5.88. The van der Waals surface area contributed by atoms with Crippen LogP contribution in [0.25, 0.3) is 0 Å². The predicted molar refractivity (Wildman–Crippen MR) is 79.8 cm³/mol. The maximum absolute atomic E-state index is 12.4. The molecule has 2 aliphatic heterocycles. The molecule has 0 aromatic rings. The number of amides is 2. The van der Waals surface area contributed by atoms with Crippen LogP contribution in [-0.2, 0) is 4.74 Å². The normalized spacial score (nSPS) is 22.1. The molecule has 2 amide bonds. The van der Waals surface area contributed by atoms with Gasteiger partial charge in [0.2, 0.25) is 0 Å². The van der Waals surface area contributed by atoms with Gasteiger partial charge < -0.3 is 19.9 Å². The third-order valence-corrected chi connectivity index (χ3v) is 4.52. The number of nitrogens with zero attached hydrogens (tertiary/aromatic N) is 2. The number of urea groups is 1. The van der Waals surface area contributed by atoms with Gasteiger partial charge in [-0.2, -0.15) is 0 Å². The third kappa shape index (κ3) is 3.52. The van der Waals surface area contributed by atoms with Gasteiger partial charge in [0.15, 0.2) is 0 Å². The third-order valence-electron chi connectivity index (χ3n) is 4.52. The largest absolute Gasteiger partial charge is 0.376 e. The first-order valence-corrected chi connectivity index (χ1v) is 7.61. The summed E-state index contributed by atoms with van der Waals surface area (Å²) in [5.74, 6) is 0. The number of ether oxygens (including phenoxy) is 1. The molecular formula is C15H27N3O2. The Morgan fingerprint density at radius 3 is 2.80 bits per heavy atom. The van der Waals surface area contributed by atoms with Crippen molar-refractivity contribution in [1.82, 2.24) is 15.1 Å². The van der Waals surface area contributed by atoms with Crippen molar-refractivity contribution in [2.45, 2.75) is 31.2 Å². The number of carbonyl (C=O) groups excluding carboxylic acids is 1. The van der Waals surface area contributed by atoms with Gasteiger partial charge in [0.1, 0.15) is 0 Å². The molecule has 0 unspecified atom stereocenters. The van der Waals surface area contributed by atoms with E-state index in [9.17, 15) is 4.79 Å². The zero-order chi connectivity index (χ0) is 14.4. The van der Waals surface area contributed by atoms with Gasteiger partial charge in [-0.25, -0.2) is 4.79 Å². The van der Waals surface area contributed by atoms with Crippen molar-refractivity contribution in [1.29, 1.82) is 0 Å². The Labute approximate surface area is 121 Å². The van der Waals surface area contributed by atoms with E-state index in [0.29, 0.717) is 19.8 Å². The van der Waals surface area contributed by atoms with Crippen molar-refractivity contribution in [2.75, 3.05) is 46.4 Å². The lowest BCUT2D eigenvalue weighted by Gasteiger charge is -2.44. The molecule has 2 saturated heterocycles. The van der Waals surface area contributed by atoms with Crippen molar-refractivity contribution in [3.05, 3.63) is 12.7 Å². The summed E-state index contributed by atoms with van der Waals surface area (Å²) in [5.41, 5.74) is 0.110. The zero-order valence-electron chi connectivity index (χ0n) is 12.6. The average molecular weight is 281 g/mol. The maximum Gasteiger partial charge on any atom is 0.317 e. The first-order valence-electron chi connectivity index (χ1n) is 7.61. The maximum atomic E-state index is 12.4. The Bertz CT molecular complexity index is 338. The fourth-order valence-electron chi connectivity index (χ4n) is 3.30. The Kier molecular flexibility index (Phi) is 5.43. The smallest absolute Gasteiger partial charge is 0.317 e. The minimum Gasteiger partial charge on any atom is -0.376 e. The number of hydrogen-bond donors (Lipinski definition) is 1. The van der Waals surface area contributed by atoms with Gasteiger partial charge in [-0.15, -0.1) is 6.58 Å². The van der Waals surface area contributed by atoms with Gasteiger partial charge in [-0.3, -0.25) is 0 Å². The van der Waals surface area contributed by atoms with Gasteiger partial charge in [-0.05, 0) is 32.7 Å². The number of carbonyl (C=O) groups is 1. The molecule has 0 atom stereocenters. The number of nitrogens with one attached hydrogen (secondary N) is 1. The summed E-state index contributed by atoms with van der Waals surface area (Å²) in [6.45, 7) is 8.32. The van der Waals surface area contributed by atoms with Crippen molar-refractivity contribution in [3.63, 3.8) is 0 Å².